The third kappa shape index (κ3) is 8.63. The van der Waals surface area contributed by atoms with Crippen LogP contribution in [0.25, 0.3) is 87.6 Å². The van der Waals surface area contributed by atoms with Gasteiger partial charge in [0.05, 0.1) is 22.7 Å². The molecule has 13 aromatic rings. The molecule has 4 heteroatoms. The molecule has 412 valence electrons. The maximum absolute atomic E-state index is 13.2. The summed E-state index contributed by atoms with van der Waals surface area (Å²) in [5.41, 5.74) is 22.0. The molecule has 0 unspecified atom stereocenters. The predicted octanol–water partition coefficient (Wildman–Crippen LogP) is 23.5. The lowest BCUT2D eigenvalue weighted by atomic mass is 9.77. The van der Waals surface area contributed by atoms with Gasteiger partial charge < -0.3 is 19.3 Å². The van der Waals surface area contributed by atoms with E-state index in [1.54, 1.807) is 0 Å². The van der Waals surface area contributed by atoms with Gasteiger partial charge in [-0.05, 0) is 185 Å². The van der Waals surface area contributed by atoms with Gasteiger partial charge in [-0.15, -0.1) is 0 Å². The van der Waals surface area contributed by atoms with Gasteiger partial charge in [0.15, 0.2) is 5.58 Å². The fourth-order valence-corrected chi connectivity index (χ4v) is 15.1. The summed E-state index contributed by atoms with van der Waals surface area (Å²) in [7, 11) is 0. The standard InChI is InChI=1S/C80H70N2O2/c1-50-23-11-15-33-58(50)56-31-19-32-57(47-56)60-35-21-41-72(78(60)83)81(70-39-17-13-25-52(70)3)74-48-68(54-27-7-5-8-28-54)61-44-46-67-75(49-69(55-29-9-6-10-30-55)62-43-45-66(74)76(61)77(62)67)82(71-40-18-14-26-53(71)4)73-42-22-38-65-64-37-20-36-63(79(64)84-80(65)73)59-34-16-12-24-51(59)2/h11-26,31-49,54-55,83H,5-10,27-30H2,1-4H3. The van der Waals surface area contributed by atoms with Crippen molar-refractivity contribution in [3.05, 3.63) is 246 Å². The number of anilines is 6. The number of aromatic hydroxyl groups is 1. The third-order valence-electron chi connectivity index (χ3n) is 19.3. The second-order valence-corrected chi connectivity index (χ2v) is 24.3. The first-order valence-corrected chi connectivity index (χ1v) is 30.8. The summed E-state index contributed by atoms with van der Waals surface area (Å²) < 4.78 is 7.39. The molecule has 0 atom stereocenters. The van der Waals surface area contributed by atoms with Crippen molar-refractivity contribution in [2.24, 2.45) is 0 Å². The second kappa shape index (κ2) is 21.3. The molecule has 2 aliphatic carbocycles. The van der Waals surface area contributed by atoms with Crippen LogP contribution in [-0.2, 0) is 0 Å². The molecule has 15 rings (SSSR count). The second-order valence-electron chi connectivity index (χ2n) is 24.3. The van der Waals surface area contributed by atoms with E-state index >= 15 is 0 Å². The molecule has 1 aromatic heterocycles. The zero-order valence-electron chi connectivity index (χ0n) is 48.7. The minimum atomic E-state index is 0.258. The van der Waals surface area contributed by atoms with Gasteiger partial charge in [-0.1, -0.05) is 208 Å². The van der Waals surface area contributed by atoms with Gasteiger partial charge in [-0.25, -0.2) is 0 Å². The van der Waals surface area contributed by atoms with Gasteiger partial charge in [0.2, 0.25) is 0 Å². The van der Waals surface area contributed by atoms with Gasteiger partial charge in [-0.3, -0.25) is 0 Å². The maximum atomic E-state index is 13.2. The van der Waals surface area contributed by atoms with Gasteiger partial charge >= 0.3 is 0 Å². The molecule has 0 saturated heterocycles. The summed E-state index contributed by atoms with van der Waals surface area (Å²) in [6, 6.07) is 78.2. The van der Waals surface area contributed by atoms with E-state index < -0.39 is 0 Å². The number of hydrogen-bond acceptors (Lipinski definition) is 4. The highest BCUT2D eigenvalue weighted by atomic mass is 16.3. The van der Waals surface area contributed by atoms with Crippen molar-refractivity contribution in [1.82, 2.24) is 0 Å². The van der Waals surface area contributed by atoms with Crippen molar-refractivity contribution < 1.29 is 9.52 Å². The van der Waals surface area contributed by atoms with Crippen molar-refractivity contribution in [3.63, 3.8) is 0 Å². The first kappa shape index (κ1) is 51.7. The van der Waals surface area contributed by atoms with Crippen molar-refractivity contribution in [2.75, 3.05) is 9.80 Å². The maximum Gasteiger partial charge on any atom is 0.159 e. The average molecular weight is 1090 g/mol. The Bertz CT molecular complexity index is 4660. The number of phenolic OH excluding ortho intramolecular Hbond substituents is 1. The average Bonchev–Trinajstić information content (AvgIpc) is 1.21. The summed E-state index contributed by atoms with van der Waals surface area (Å²) in [4.78, 5) is 4.94. The molecule has 2 saturated carbocycles. The third-order valence-corrected chi connectivity index (χ3v) is 19.3. The van der Waals surface area contributed by atoms with E-state index in [9.17, 15) is 5.11 Å². The number of fused-ring (bicyclic) bond motifs is 3. The lowest BCUT2D eigenvalue weighted by Crippen LogP contribution is -2.15. The summed E-state index contributed by atoms with van der Waals surface area (Å²) in [5, 5.41) is 23.1. The van der Waals surface area contributed by atoms with E-state index in [0.29, 0.717) is 11.8 Å². The lowest BCUT2D eigenvalue weighted by Gasteiger charge is -2.34. The van der Waals surface area contributed by atoms with Crippen LogP contribution < -0.4 is 9.80 Å². The Morgan fingerprint density at radius 2 is 0.738 bits per heavy atom. The topological polar surface area (TPSA) is 39.9 Å². The molecular weight excluding hydrogens is 1020 g/mol. The zero-order chi connectivity index (χ0) is 56.6. The molecule has 0 bridgehead atoms. The first-order chi connectivity index (χ1) is 41.3. The zero-order valence-corrected chi connectivity index (χ0v) is 48.7. The Kier molecular flexibility index (Phi) is 13.1. The number of aryl methyl sites for hydroxylation is 4. The Labute approximate surface area is 493 Å². The SMILES string of the molecule is Cc1ccccc1-c1cccc(-c2cccc(N(c3ccccc3C)c3cc(C4CCCCC4)c4ccc5c(N(c6ccccc6C)c6cccc7c6oc6c(-c8ccccc8C)cccc67)cc(C6CCCCC6)c6ccc3c4c65)c2O)c1. The van der Waals surface area contributed by atoms with E-state index in [1.165, 1.54) is 110 Å². The van der Waals surface area contributed by atoms with Crippen molar-refractivity contribution in [2.45, 2.75) is 104 Å². The van der Waals surface area contributed by atoms with Gasteiger partial charge in [0, 0.05) is 44.0 Å². The highest BCUT2D eigenvalue weighted by Crippen LogP contribution is 2.56. The fourth-order valence-electron chi connectivity index (χ4n) is 15.1. The van der Waals surface area contributed by atoms with E-state index in [2.05, 4.69) is 250 Å². The minimum absolute atomic E-state index is 0.258. The lowest BCUT2D eigenvalue weighted by molar-refractivity contribution is 0.445. The van der Waals surface area contributed by atoms with Crippen LogP contribution in [0.4, 0.5) is 34.1 Å². The molecule has 2 aliphatic rings. The molecule has 12 aromatic carbocycles. The smallest absolute Gasteiger partial charge is 0.159 e. The molecule has 4 nitrogen and oxygen atoms in total. The number of para-hydroxylation sites is 5. The number of nitrogens with zero attached hydrogens (tertiary/aromatic N) is 2. The Morgan fingerprint density at radius 3 is 1.31 bits per heavy atom. The molecule has 0 aliphatic heterocycles. The van der Waals surface area contributed by atoms with Gasteiger partial charge in [0.25, 0.3) is 0 Å². The monoisotopic (exact) mass is 1090 g/mol. The number of benzene rings is 12. The first-order valence-electron chi connectivity index (χ1n) is 30.8. The Morgan fingerprint density at radius 1 is 0.321 bits per heavy atom. The number of hydrogen-bond donors (Lipinski definition) is 1. The van der Waals surface area contributed by atoms with Crippen molar-refractivity contribution in [1.29, 1.82) is 0 Å². The minimum Gasteiger partial charge on any atom is -0.505 e. The van der Waals surface area contributed by atoms with Crippen molar-refractivity contribution >= 4 is 88.4 Å². The number of phenols is 1. The van der Waals surface area contributed by atoms with E-state index in [-0.39, 0.29) is 5.75 Å². The summed E-state index contributed by atoms with van der Waals surface area (Å²) >= 11 is 0. The summed E-state index contributed by atoms with van der Waals surface area (Å²) in [5.74, 6) is 1.05. The fraction of sp³-hybridized carbons (Fsp3) is 0.200. The Hall–Kier alpha value is -9.12. The number of furan rings is 1. The summed E-state index contributed by atoms with van der Waals surface area (Å²) in [6.07, 6.45) is 12.1. The Balaban J connectivity index is 1.03. The van der Waals surface area contributed by atoms with Crippen LogP contribution in [0, 0.1) is 27.7 Å². The van der Waals surface area contributed by atoms with Crippen LogP contribution in [0.3, 0.4) is 0 Å². The van der Waals surface area contributed by atoms with E-state index in [4.69, 9.17) is 4.42 Å². The molecular formula is C80H70N2O2. The highest BCUT2D eigenvalue weighted by molar-refractivity contribution is 6.30. The number of rotatable bonds is 11. The molecule has 1 N–H and O–H groups in total. The van der Waals surface area contributed by atoms with Crippen LogP contribution in [-0.4, -0.2) is 5.11 Å². The molecule has 0 radical (unpaired) electrons. The van der Waals surface area contributed by atoms with E-state index in [1.807, 2.05) is 0 Å². The molecule has 1 heterocycles. The molecule has 2 fully saturated rings. The van der Waals surface area contributed by atoms with Crippen LogP contribution in [0.1, 0.15) is 109 Å². The van der Waals surface area contributed by atoms with Crippen LogP contribution in [0.15, 0.2) is 217 Å². The largest absolute Gasteiger partial charge is 0.505 e. The highest BCUT2D eigenvalue weighted by Gasteiger charge is 2.32. The normalized spacial score (nSPS) is 14.4. The van der Waals surface area contributed by atoms with E-state index in [0.717, 1.165) is 110 Å². The van der Waals surface area contributed by atoms with Crippen molar-refractivity contribution in [3.8, 4) is 39.1 Å². The quantitative estimate of drug-likeness (QED) is 0.131. The van der Waals surface area contributed by atoms with Crippen LogP contribution >= 0.6 is 0 Å². The van der Waals surface area contributed by atoms with Crippen LogP contribution in [0.2, 0.25) is 0 Å². The predicted molar refractivity (Wildman–Crippen MR) is 355 cm³/mol. The molecule has 0 spiro atoms. The molecule has 84 heavy (non-hydrogen) atoms. The van der Waals surface area contributed by atoms with Gasteiger partial charge in [0.1, 0.15) is 11.3 Å². The van der Waals surface area contributed by atoms with Crippen LogP contribution in [0.5, 0.6) is 5.75 Å². The summed E-state index contributed by atoms with van der Waals surface area (Å²) in [6.45, 7) is 8.82. The van der Waals surface area contributed by atoms with Gasteiger partial charge in [-0.2, -0.15) is 0 Å². The molecule has 0 amide bonds.